The van der Waals surface area contributed by atoms with E-state index in [1.165, 1.54) is 0 Å². The third-order valence-electron chi connectivity index (χ3n) is 2.42. The molecule has 6 nitrogen and oxygen atoms in total. The minimum atomic E-state index is 0.739. The van der Waals surface area contributed by atoms with Crippen molar-refractivity contribution in [3.63, 3.8) is 0 Å². The molecule has 0 aliphatic carbocycles. The van der Waals surface area contributed by atoms with Gasteiger partial charge in [-0.3, -0.25) is 9.36 Å². The molecular weight excluding hydrogens is 204 g/mol. The lowest BCUT2D eigenvalue weighted by Gasteiger charge is -2.02. The van der Waals surface area contributed by atoms with Gasteiger partial charge in [-0.25, -0.2) is 4.98 Å². The van der Waals surface area contributed by atoms with Crippen molar-refractivity contribution in [1.29, 1.82) is 0 Å². The summed E-state index contributed by atoms with van der Waals surface area (Å²) in [5.74, 6) is 0.945. The van der Waals surface area contributed by atoms with E-state index in [0.29, 0.717) is 0 Å². The average molecular weight is 220 g/mol. The van der Waals surface area contributed by atoms with Crippen molar-refractivity contribution >= 4 is 0 Å². The Hall–Kier alpha value is -1.69. The Bertz CT molecular complexity index is 444. The van der Waals surface area contributed by atoms with E-state index < -0.39 is 0 Å². The van der Waals surface area contributed by atoms with Gasteiger partial charge in [0.2, 0.25) is 0 Å². The number of rotatable bonds is 5. The second-order valence-electron chi connectivity index (χ2n) is 3.71. The number of aromatic nitrogens is 5. The molecule has 0 unspecified atom stereocenters. The topological polar surface area (TPSA) is 60.6 Å². The largest absolute Gasteiger partial charge is 0.309 e. The molecular formula is C10H16N6. The van der Waals surface area contributed by atoms with Gasteiger partial charge in [0.25, 0.3) is 0 Å². The summed E-state index contributed by atoms with van der Waals surface area (Å²) in [7, 11) is 3.82. The Morgan fingerprint density at radius 2 is 2.25 bits per heavy atom. The van der Waals surface area contributed by atoms with E-state index in [2.05, 4.69) is 20.5 Å². The van der Waals surface area contributed by atoms with Crippen molar-refractivity contribution in [2.45, 2.75) is 13.0 Å². The molecule has 16 heavy (non-hydrogen) atoms. The van der Waals surface area contributed by atoms with Gasteiger partial charge in [-0.2, -0.15) is 10.2 Å². The van der Waals surface area contributed by atoms with Crippen LogP contribution in [0, 0.1) is 0 Å². The minimum absolute atomic E-state index is 0.739. The van der Waals surface area contributed by atoms with Gasteiger partial charge in [-0.15, -0.1) is 0 Å². The lowest BCUT2D eigenvalue weighted by atomic mass is 10.3. The van der Waals surface area contributed by atoms with Crippen LogP contribution in [0.5, 0.6) is 0 Å². The number of hydrogen-bond acceptors (Lipinski definition) is 4. The van der Waals surface area contributed by atoms with Crippen LogP contribution in [-0.2, 0) is 27.1 Å². The maximum Gasteiger partial charge on any atom is 0.140 e. The molecule has 0 saturated heterocycles. The molecule has 2 rings (SSSR count). The van der Waals surface area contributed by atoms with Crippen molar-refractivity contribution in [3.8, 4) is 0 Å². The van der Waals surface area contributed by atoms with Crippen molar-refractivity contribution in [2.75, 3.05) is 6.54 Å². The Labute approximate surface area is 94.3 Å². The fourth-order valence-corrected chi connectivity index (χ4v) is 1.49. The van der Waals surface area contributed by atoms with E-state index in [4.69, 9.17) is 0 Å². The maximum atomic E-state index is 4.31. The second-order valence-corrected chi connectivity index (χ2v) is 3.71. The molecule has 86 valence electrons. The van der Waals surface area contributed by atoms with E-state index in [1.54, 1.807) is 11.0 Å². The highest BCUT2D eigenvalue weighted by Crippen LogP contribution is 1.95. The van der Waals surface area contributed by atoms with Crippen LogP contribution in [0.15, 0.2) is 18.6 Å². The van der Waals surface area contributed by atoms with Crippen LogP contribution in [0.1, 0.15) is 11.5 Å². The molecule has 0 fully saturated rings. The number of nitrogens with one attached hydrogen (secondary N) is 1. The molecule has 2 heterocycles. The van der Waals surface area contributed by atoms with Crippen LogP contribution in [0.3, 0.4) is 0 Å². The highest BCUT2D eigenvalue weighted by Gasteiger charge is 2.00. The molecule has 2 aromatic heterocycles. The first-order valence-corrected chi connectivity index (χ1v) is 5.28. The van der Waals surface area contributed by atoms with E-state index in [1.807, 2.05) is 31.0 Å². The highest BCUT2D eigenvalue weighted by atomic mass is 15.3. The van der Waals surface area contributed by atoms with Gasteiger partial charge in [0.05, 0.1) is 12.2 Å². The summed E-state index contributed by atoms with van der Waals surface area (Å²) in [6.07, 6.45) is 4.45. The molecule has 1 N–H and O–H groups in total. The van der Waals surface area contributed by atoms with Gasteiger partial charge < -0.3 is 5.32 Å². The van der Waals surface area contributed by atoms with Crippen LogP contribution >= 0.6 is 0 Å². The summed E-state index contributed by atoms with van der Waals surface area (Å²) >= 11 is 0. The minimum Gasteiger partial charge on any atom is -0.309 e. The van der Waals surface area contributed by atoms with Gasteiger partial charge in [0, 0.05) is 33.3 Å². The predicted molar refractivity (Wildman–Crippen MR) is 59.6 cm³/mol. The molecule has 6 heteroatoms. The Morgan fingerprint density at radius 3 is 2.88 bits per heavy atom. The zero-order chi connectivity index (χ0) is 11.4. The smallest absolute Gasteiger partial charge is 0.140 e. The molecule has 0 aliphatic heterocycles. The third kappa shape index (κ3) is 2.66. The first-order chi connectivity index (χ1) is 7.75. The lowest BCUT2D eigenvalue weighted by molar-refractivity contribution is 0.608. The molecule has 0 atom stereocenters. The van der Waals surface area contributed by atoms with Crippen LogP contribution in [-0.4, -0.2) is 31.1 Å². The van der Waals surface area contributed by atoms with Crippen molar-refractivity contribution in [1.82, 2.24) is 29.9 Å². The number of hydrogen-bond donors (Lipinski definition) is 1. The second kappa shape index (κ2) is 4.89. The fourth-order valence-electron chi connectivity index (χ4n) is 1.49. The predicted octanol–water partition coefficient (Wildman–Crippen LogP) is -0.119. The van der Waals surface area contributed by atoms with Crippen molar-refractivity contribution in [2.24, 2.45) is 14.1 Å². The molecule has 0 radical (unpaired) electrons. The molecule has 0 aliphatic rings. The van der Waals surface area contributed by atoms with Crippen LogP contribution in [0.25, 0.3) is 0 Å². The number of nitrogens with zero attached hydrogens (tertiary/aromatic N) is 5. The van der Waals surface area contributed by atoms with E-state index in [-0.39, 0.29) is 0 Å². The SMILES string of the molecule is Cn1ccc(CCNCc2ncnn2C)n1. The van der Waals surface area contributed by atoms with E-state index in [0.717, 1.165) is 31.0 Å². The monoisotopic (exact) mass is 220 g/mol. The third-order valence-corrected chi connectivity index (χ3v) is 2.42. The Balaban J connectivity index is 1.71. The summed E-state index contributed by atoms with van der Waals surface area (Å²) in [6.45, 7) is 1.63. The van der Waals surface area contributed by atoms with E-state index >= 15 is 0 Å². The summed E-state index contributed by atoms with van der Waals surface area (Å²) in [4.78, 5) is 4.13. The quantitative estimate of drug-likeness (QED) is 0.714. The van der Waals surface area contributed by atoms with Gasteiger partial charge in [-0.1, -0.05) is 0 Å². The molecule has 0 spiro atoms. The van der Waals surface area contributed by atoms with Crippen LogP contribution < -0.4 is 5.32 Å². The Kier molecular flexibility index (Phi) is 3.31. The standard InChI is InChI=1S/C10H16N6/c1-15-6-4-9(14-15)3-5-11-7-10-12-8-13-16(10)2/h4,6,8,11H,3,5,7H2,1-2H3. The summed E-state index contributed by atoms with van der Waals surface area (Å²) in [5.41, 5.74) is 1.10. The number of aryl methyl sites for hydroxylation is 2. The molecule has 0 aromatic carbocycles. The van der Waals surface area contributed by atoms with Gasteiger partial charge in [0.15, 0.2) is 0 Å². The van der Waals surface area contributed by atoms with E-state index in [9.17, 15) is 0 Å². The molecule has 2 aromatic rings. The van der Waals surface area contributed by atoms with Crippen LogP contribution in [0.2, 0.25) is 0 Å². The summed E-state index contributed by atoms with van der Waals surface area (Å²) in [6, 6.07) is 2.03. The average Bonchev–Trinajstić information content (AvgIpc) is 2.83. The van der Waals surface area contributed by atoms with Gasteiger partial charge in [-0.05, 0) is 6.07 Å². The first kappa shape index (κ1) is 10.8. The fraction of sp³-hybridized carbons (Fsp3) is 0.500. The van der Waals surface area contributed by atoms with Crippen molar-refractivity contribution < 1.29 is 0 Å². The zero-order valence-corrected chi connectivity index (χ0v) is 9.59. The van der Waals surface area contributed by atoms with Crippen LogP contribution in [0.4, 0.5) is 0 Å². The summed E-state index contributed by atoms with van der Waals surface area (Å²) in [5, 5.41) is 11.6. The van der Waals surface area contributed by atoms with Crippen molar-refractivity contribution in [3.05, 3.63) is 30.1 Å². The zero-order valence-electron chi connectivity index (χ0n) is 9.59. The molecule has 0 saturated carbocycles. The Morgan fingerprint density at radius 1 is 1.38 bits per heavy atom. The van der Waals surface area contributed by atoms with Gasteiger partial charge >= 0.3 is 0 Å². The first-order valence-electron chi connectivity index (χ1n) is 5.28. The maximum absolute atomic E-state index is 4.31. The molecule has 0 bridgehead atoms. The highest BCUT2D eigenvalue weighted by molar-refractivity contribution is 4.99. The van der Waals surface area contributed by atoms with Gasteiger partial charge in [0.1, 0.15) is 12.2 Å². The normalized spacial score (nSPS) is 10.9. The lowest BCUT2D eigenvalue weighted by Crippen LogP contribution is -2.19. The summed E-state index contributed by atoms with van der Waals surface area (Å²) < 4.78 is 3.59. The molecule has 0 amide bonds.